The van der Waals surface area contributed by atoms with Gasteiger partial charge >= 0.3 is 0 Å². The highest BCUT2D eigenvalue weighted by atomic mass is 32.2. The van der Waals surface area contributed by atoms with E-state index in [2.05, 4.69) is 25.7 Å². The summed E-state index contributed by atoms with van der Waals surface area (Å²) in [5, 5.41) is 3.62. The van der Waals surface area contributed by atoms with Gasteiger partial charge in [-0.15, -0.1) is 6.58 Å². The van der Waals surface area contributed by atoms with Crippen LogP contribution in [0.25, 0.3) is 0 Å². The van der Waals surface area contributed by atoms with Crippen LogP contribution in [0, 0.1) is 5.41 Å². The molecule has 1 fully saturated rings. The molecule has 0 aromatic rings. The molecule has 1 heterocycles. The lowest BCUT2D eigenvalue weighted by Crippen LogP contribution is -2.58. The lowest BCUT2D eigenvalue weighted by molar-refractivity contribution is 0.230. The van der Waals surface area contributed by atoms with Crippen LogP contribution in [0.2, 0.25) is 0 Å². The maximum absolute atomic E-state index is 5.94. The van der Waals surface area contributed by atoms with Gasteiger partial charge in [0.05, 0.1) is 0 Å². The van der Waals surface area contributed by atoms with E-state index in [4.69, 9.17) is 5.73 Å². The zero-order chi connectivity index (χ0) is 11.4. The SMILES string of the molecule is C=CCCNC1(CN)CSCC(C)(C)C1. The number of thioether (sulfide) groups is 1. The average molecular weight is 228 g/mol. The van der Waals surface area contributed by atoms with E-state index in [1.54, 1.807) is 0 Å². The molecule has 0 radical (unpaired) electrons. The molecule has 0 amide bonds. The number of rotatable bonds is 5. The molecule has 3 heteroatoms. The Labute approximate surface area is 98.1 Å². The first-order valence-corrected chi connectivity index (χ1v) is 6.83. The quantitative estimate of drug-likeness (QED) is 0.558. The summed E-state index contributed by atoms with van der Waals surface area (Å²) in [6.07, 6.45) is 4.16. The molecule has 1 saturated heterocycles. The molecular weight excluding hydrogens is 204 g/mol. The van der Waals surface area contributed by atoms with Crippen molar-refractivity contribution in [1.29, 1.82) is 0 Å². The number of hydrogen-bond donors (Lipinski definition) is 2. The van der Waals surface area contributed by atoms with Crippen molar-refractivity contribution in [2.45, 2.75) is 32.2 Å². The van der Waals surface area contributed by atoms with Gasteiger partial charge in [-0.2, -0.15) is 11.8 Å². The summed E-state index contributed by atoms with van der Waals surface area (Å²) in [6.45, 7) is 10.1. The van der Waals surface area contributed by atoms with Crippen molar-refractivity contribution in [1.82, 2.24) is 5.32 Å². The Morgan fingerprint density at radius 3 is 2.73 bits per heavy atom. The molecule has 2 nitrogen and oxygen atoms in total. The van der Waals surface area contributed by atoms with E-state index in [-0.39, 0.29) is 5.54 Å². The highest BCUT2D eigenvalue weighted by molar-refractivity contribution is 7.99. The van der Waals surface area contributed by atoms with E-state index in [0.717, 1.165) is 25.3 Å². The van der Waals surface area contributed by atoms with Crippen molar-refractivity contribution < 1.29 is 0 Å². The van der Waals surface area contributed by atoms with Crippen molar-refractivity contribution >= 4 is 11.8 Å². The summed E-state index contributed by atoms with van der Waals surface area (Å²) < 4.78 is 0. The molecule has 0 spiro atoms. The highest BCUT2D eigenvalue weighted by Crippen LogP contribution is 2.38. The van der Waals surface area contributed by atoms with Gasteiger partial charge in [0, 0.05) is 17.8 Å². The minimum Gasteiger partial charge on any atom is -0.329 e. The Bertz CT molecular complexity index is 216. The molecule has 0 aromatic carbocycles. The number of nitrogens with one attached hydrogen (secondary N) is 1. The first kappa shape index (κ1) is 13.1. The van der Waals surface area contributed by atoms with Gasteiger partial charge in [0.1, 0.15) is 0 Å². The molecule has 1 rings (SSSR count). The van der Waals surface area contributed by atoms with Crippen LogP contribution in [-0.2, 0) is 0 Å². The molecule has 0 aromatic heterocycles. The zero-order valence-corrected chi connectivity index (χ0v) is 10.8. The molecular formula is C12H24N2S. The normalized spacial score (nSPS) is 30.1. The predicted octanol–water partition coefficient (Wildman–Crippen LogP) is 2.01. The van der Waals surface area contributed by atoms with Crippen LogP contribution in [0.15, 0.2) is 12.7 Å². The van der Waals surface area contributed by atoms with E-state index < -0.39 is 0 Å². The Morgan fingerprint density at radius 1 is 1.47 bits per heavy atom. The number of hydrogen-bond acceptors (Lipinski definition) is 3. The van der Waals surface area contributed by atoms with Gasteiger partial charge in [-0.05, 0) is 30.6 Å². The predicted molar refractivity (Wildman–Crippen MR) is 70.3 cm³/mol. The fourth-order valence-electron chi connectivity index (χ4n) is 2.30. The van der Waals surface area contributed by atoms with Crippen LogP contribution < -0.4 is 11.1 Å². The zero-order valence-electron chi connectivity index (χ0n) is 10.0. The number of nitrogens with two attached hydrogens (primary N) is 1. The monoisotopic (exact) mass is 228 g/mol. The fraction of sp³-hybridized carbons (Fsp3) is 0.833. The molecule has 0 saturated carbocycles. The van der Waals surface area contributed by atoms with Gasteiger partial charge < -0.3 is 11.1 Å². The maximum Gasteiger partial charge on any atom is 0.0400 e. The van der Waals surface area contributed by atoms with Crippen molar-refractivity contribution in [3.05, 3.63) is 12.7 Å². The van der Waals surface area contributed by atoms with Gasteiger partial charge in [-0.25, -0.2) is 0 Å². The third kappa shape index (κ3) is 3.82. The minimum atomic E-state index is 0.148. The molecule has 3 N–H and O–H groups in total. The summed E-state index contributed by atoms with van der Waals surface area (Å²) in [7, 11) is 0. The van der Waals surface area contributed by atoms with E-state index in [1.165, 1.54) is 12.2 Å². The Kier molecular flexibility index (Phi) is 4.68. The fourth-order valence-corrected chi connectivity index (χ4v) is 3.77. The van der Waals surface area contributed by atoms with Crippen LogP contribution >= 0.6 is 11.8 Å². The summed E-state index contributed by atoms with van der Waals surface area (Å²) in [5.41, 5.74) is 6.49. The highest BCUT2D eigenvalue weighted by Gasteiger charge is 2.38. The Morgan fingerprint density at radius 2 is 2.20 bits per heavy atom. The lowest BCUT2D eigenvalue weighted by Gasteiger charge is -2.44. The summed E-state index contributed by atoms with van der Waals surface area (Å²) in [6, 6.07) is 0. The molecule has 1 atom stereocenters. The largest absolute Gasteiger partial charge is 0.329 e. The van der Waals surface area contributed by atoms with Gasteiger partial charge in [0.25, 0.3) is 0 Å². The van der Waals surface area contributed by atoms with E-state index in [9.17, 15) is 0 Å². The summed E-state index contributed by atoms with van der Waals surface area (Å²) >= 11 is 2.02. The summed E-state index contributed by atoms with van der Waals surface area (Å²) in [5.74, 6) is 2.39. The van der Waals surface area contributed by atoms with E-state index in [1.807, 2.05) is 17.8 Å². The second-order valence-electron chi connectivity index (χ2n) is 5.32. The minimum absolute atomic E-state index is 0.148. The summed E-state index contributed by atoms with van der Waals surface area (Å²) in [4.78, 5) is 0. The van der Waals surface area contributed by atoms with Crippen molar-refractivity contribution in [3.8, 4) is 0 Å². The smallest absolute Gasteiger partial charge is 0.0400 e. The Balaban J connectivity index is 2.54. The van der Waals surface area contributed by atoms with Crippen LogP contribution in [0.1, 0.15) is 26.7 Å². The average Bonchev–Trinajstić information content (AvgIpc) is 2.17. The standard InChI is InChI=1S/C12H24N2S/c1-4-5-6-14-12(8-13)7-11(2,3)9-15-10-12/h4,14H,1,5-10,13H2,2-3H3. The van der Waals surface area contributed by atoms with Crippen LogP contribution in [0.5, 0.6) is 0 Å². The van der Waals surface area contributed by atoms with Gasteiger partial charge in [-0.1, -0.05) is 19.9 Å². The molecule has 0 aliphatic carbocycles. The van der Waals surface area contributed by atoms with Gasteiger partial charge in [0.15, 0.2) is 0 Å². The van der Waals surface area contributed by atoms with Gasteiger partial charge in [-0.3, -0.25) is 0 Å². The van der Waals surface area contributed by atoms with E-state index in [0.29, 0.717) is 5.41 Å². The van der Waals surface area contributed by atoms with Crippen LogP contribution in [-0.4, -0.2) is 30.1 Å². The molecule has 1 aliphatic heterocycles. The third-order valence-electron chi connectivity index (χ3n) is 2.93. The van der Waals surface area contributed by atoms with Gasteiger partial charge in [0.2, 0.25) is 0 Å². The molecule has 1 aliphatic rings. The van der Waals surface area contributed by atoms with Crippen molar-refractivity contribution in [3.63, 3.8) is 0 Å². The molecule has 1 unspecified atom stereocenters. The first-order valence-electron chi connectivity index (χ1n) is 5.67. The molecule has 0 bridgehead atoms. The second-order valence-corrected chi connectivity index (χ2v) is 6.31. The second kappa shape index (κ2) is 5.37. The van der Waals surface area contributed by atoms with E-state index >= 15 is 0 Å². The van der Waals surface area contributed by atoms with Crippen LogP contribution in [0.3, 0.4) is 0 Å². The molecule has 15 heavy (non-hydrogen) atoms. The Hall–Kier alpha value is 0.0100. The third-order valence-corrected chi connectivity index (χ3v) is 4.67. The topological polar surface area (TPSA) is 38.0 Å². The molecule has 88 valence electrons. The van der Waals surface area contributed by atoms with Crippen molar-refractivity contribution in [2.75, 3.05) is 24.6 Å². The maximum atomic E-state index is 5.94. The first-order chi connectivity index (χ1) is 7.04. The van der Waals surface area contributed by atoms with Crippen molar-refractivity contribution in [2.24, 2.45) is 11.1 Å². The lowest BCUT2D eigenvalue weighted by atomic mass is 9.79. The van der Waals surface area contributed by atoms with Crippen LogP contribution in [0.4, 0.5) is 0 Å².